The van der Waals surface area contributed by atoms with Crippen molar-refractivity contribution in [1.82, 2.24) is 5.32 Å². The summed E-state index contributed by atoms with van der Waals surface area (Å²) in [5.74, 6) is 0. The van der Waals surface area contributed by atoms with Gasteiger partial charge in [0.15, 0.2) is 0 Å². The van der Waals surface area contributed by atoms with Gasteiger partial charge in [0, 0.05) is 0 Å². The van der Waals surface area contributed by atoms with E-state index >= 15 is 0 Å². The average molecular weight is 341 g/mol. The second-order valence-electron chi connectivity index (χ2n) is 1.50. The summed E-state index contributed by atoms with van der Waals surface area (Å²) in [5.41, 5.74) is 0. The van der Waals surface area contributed by atoms with E-state index in [1.807, 2.05) is 7.05 Å². The van der Waals surface area contributed by atoms with Crippen molar-refractivity contribution in [3.63, 3.8) is 0 Å². The van der Waals surface area contributed by atoms with Crippen LogP contribution in [0, 0.1) is 0 Å². The van der Waals surface area contributed by atoms with E-state index in [0.717, 1.165) is 2.06 Å². The first-order valence-electron chi connectivity index (χ1n) is 2.58. The van der Waals surface area contributed by atoms with Crippen molar-refractivity contribution in [2.75, 3.05) is 16.4 Å². The molecule has 3 heteroatoms. The molecule has 0 aliphatic carbocycles. The van der Waals surface area contributed by atoms with E-state index in [0.29, 0.717) is 0 Å². The monoisotopic (exact) mass is 341 g/mol. The molecule has 0 heterocycles. The first-order chi connectivity index (χ1) is 3.72. The van der Waals surface area contributed by atoms with Gasteiger partial charge < -0.3 is 0 Å². The van der Waals surface area contributed by atoms with Crippen LogP contribution in [0.3, 0.4) is 0 Å². The molecule has 8 heavy (non-hydrogen) atoms. The van der Waals surface area contributed by atoms with Crippen LogP contribution in [0.2, 0.25) is 0 Å². The zero-order valence-corrected chi connectivity index (χ0v) is 9.86. The predicted octanol–water partition coefficient (Wildman–Crippen LogP) is 2.08. The van der Waals surface area contributed by atoms with Crippen LogP contribution in [-0.2, 0) is 0 Å². The molecule has 1 nitrogen and oxygen atoms in total. The molecule has 0 fully saturated rings. The molecule has 0 amide bonds. The predicted molar refractivity (Wildman–Crippen MR) is 57.4 cm³/mol. The van der Waals surface area contributed by atoms with E-state index < -0.39 is 19.8 Å². The van der Waals surface area contributed by atoms with Crippen LogP contribution >= 0.6 is 42.4 Å². The Kier molecular flexibility index (Phi) is 6.15. The van der Waals surface area contributed by atoms with Crippen LogP contribution in [-0.4, -0.2) is 18.5 Å². The summed E-state index contributed by atoms with van der Waals surface area (Å²) in [5, 5.41) is 3.27. The van der Waals surface area contributed by atoms with E-state index in [-0.39, 0.29) is 0 Å². The minimum atomic E-state index is -0.553. The molecule has 1 unspecified atom stereocenters. The van der Waals surface area contributed by atoms with E-state index in [1.54, 1.807) is 0 Å². The molecular formula is C5H13I2N. The van der Waals surface area contributed by atoms with Crippen molar-refractivity contribution in [2.45, 2.75) is 8.98 Å². The quantitative estimate of drug-likeness (QED) is 0.471. The molecule has 0 aliphatic rings. The van der Waals surface area contributed by atoms with Gasteiger partial charge in [-0.3, -0.25) is 0 Å². The molecule has 0 saturated carbocycles. The van der Waals surface area contributed by atoms with E-state index in [1.165, 1.54) is 4.43 Å². The Hall–Kier alpha value is 1.42. The van der Waals surface area contributed by atoms with Crippen molar-refractivity contribution < 1.29 is 0 Å². The van der Waals surface area contributed by atoms with Crippen LogP contribution in [0.15, 0.2) is 0 Å². The fraction of sp³-hybridized carbons (Fsp3) is 1.00. The molecule has 0 spiro atoms. The fourth-order valence-electron chi connectivity index (χ4n) is 0.322. The van der Waals surface area contributed by atoms with Crippen molar-refractivity contribution in [1.29, 1.82) is 0 Å². The summed E-state index contributed by atoms with van der Waals surface area (Å²) in [6, 6.07) is 0. The molecular weight excluding hydrogens is 328 g/mol. The third-order valence-electron chi connectivity index (χ3n) is 0.967. The van der Waals surface area contributed by atoms with Gasteiger partial charge in [-0.1, -0.05) is 0 Å². The maximum atomic E-state index is 3.27. The van der Waals surface area contributed by atoms with Gasteiger partial charge in [-0.2, -0.15) is 0 Å². The van der Waals surface area contributed by atoms with E-state index in [2.05, 4.69) is 39.8 Å². The normalized spacial score (nSPS) is 15.8. The SMILES string of the molecule is CCI(C)C(I)NC. The number of alkyl halides is 4. The molecule has 0 aromatic heterocycles. The van der Waals surface area contributed by atoms with Gasteiger partial charge in [0.1, 0.15) is 0 Å². The molecule has 52 valence electrons. The molecule has 0 aromatic carbocycles. The Morgan fingerprint density at radius 3 is 2.38 bits per heavy atom. The van der Waals surface area contributed by atoms with Gasteiger partial charge in [0.2, 0.25) is 0 Å². The standard InChI is InChI=1S/C5H13I2N/c1-4-7(2)5(6)8-3/h5,8H,4H2,1-3H3. The zero-order chi connectivity index (χ0) is 6.57. The zero-order valence-electron chi connectivity index (χ0n) is 5.54. The van der Waals surface area contributed by atoms with Gasteiger partial charge >= 0.3 is 73.1 Å². The number of hydrogen-bond donors (Lipinski definition) is 1. The molecule has 0 aliphatic heterocycles. The number of halogens is 2. The molecule has 1 atom stereocenters. The van der Waals surface area contributed by atoms with E-state index in [9.17, 15) is 0 Å². The Morgan fingerprint density at radius 1 is 1.75 bits per heavy atom. The number of hydrogen-bond acceptors (Lipinski definition) is 1. The average Bonchev–Trinajstić information content (AvgIpc) is 1.84. The third-order valence-corrected chi connectivity index (χ3v) is 11.9. The Labute approximate surface area is 72.5 Å². The maximum absolute atomic E-state index is 3.27. The van der Waals surface area contributed by atoms with Crippen LogP contribution in [0.1, 0.15) is 6.92 Å². The second-order valence-corrected chi connectivity index (χ2v) is 11.5. The van der Waals surface area contributed by atoms with Crippen LogP contribution in [0.25, 0.3) is 0 Å². The van der Waals surface area contributed by atoms with Crippen molar-refractivity contribution in [3.8, 4) is 0 Å². The molecule has 0 bridgehead atoms. The summed E-state index contributed by atoms with van der Waals surface area (Å²) >= 11 is 1.94. The van der Waals surface area contributed by atoms with Crippen LogP contribution in [0.5, 0.6) is 0 Å². The van der Waals surface area contributed by atoms with Gasteiger partial charge in [0.05, 0.1) is 0 Å². The van der Waals surface area contributed by atoms with Gasteiger partial charge in [-0.15, -0.1) is 0 Å². The Balaban J connectivity index is 3.29. The summed E-state index contributed by atoms with van der Waals surface area (Å²) in [6.45, 7) is 2.29. The van der Waals surface area contributed by atoms with Gasteiger partial charge in [-0.25, -0.2) is 0 Å². The van der Waals surface area contributed by atoms with Crippen molar-refractivity contribution in [2.24, 2.45) is 0 Å². The van der Waals surface area contributed by atoms with Crippen LogP contribution < -0.4 is 5.32 Å². The molecule has 0 radical (unpaired) electrons. The van der Waals surface area contributed by atoms with Gasteiger partial charge in [-0.05, 0) is 0 Å². The number of nitrogens with one attached hydrogen (secondary N) is 1. The molecule has 0 aromatic rings. The van der Waals surface area contributed by atoms with Gasteiger partial charge in [0.25, 0.3) is 0 Å². The summed E-state index contributed by atoms with van der Waals surface area (Å²) < 4.78 is 2.21. The summed E-state index contributed by atoms with van der Waals surface area (Å²) in [7, 11) is 2.04. The first kappa shape index (κ1) is 9.42. The van der Waals surface area contributed by atoms with Crippen molar-refractivity contribution >= 4 is 42.4 Å². The van der Waals surface area contributed by atoms with Crippen molar-refractivity contribution in [3.05, 3.63) is 0 Å². The van der Waals surface area contributed by atoms with Crippen LogP contribution in [0.4, 0.5) is 0 Å². The number of rotatable bonds is 3. The molecule has 0 saturated heterocycles. The van der Waals surface area contributed by atoms with E-state index in [4.69, 9.17) is 0 Å². The topological polar surface area (TPSA) is 12.0 Å². The Bertz CT molecular complexity index is 50.4. The second kappa shape index (κ2) is 5.22. The molecule has 1 N–H and O–H groups in total. The Morgan fingerprint density at radius 2 is 2.25 bits per heavy atom. The summed E-state index contributed by atoms with van der Waals surface area (Å²) in [4.78, 5) is 2.41. The third kappa shape index (κ3) is 3.45. The fourth-order valence-corrected chi connectivity index (χ4v) is 4.39. The summed E-state index contributed by atoms with van der Waals surface area (Å²) in [6.07, 6.45) is 0. The molecule has 0 rings (SSSR count). The first-order valence-corrected chi connectivity index (χ1v) is 8.75. The minimum absolute atomic E-state index is 0.553.